The zero-order chi connectivity index (χ0) is 20.2. The van der Waals surface area contributed by atoms with Crippen molar-refractivity contribution in [3.8, 4) is 0 Å². The Morgan fingerprint density at radius 3 is 2.28 bits per heavy atom. The van der Waals surface area contributed by atoms with E-state index in [1.807, 2.05) is 4.90 Å². The molecule has 0 atom stereocenters. The van der Waals surface area contributed by atoms with Crippen LogP contribution < -0.4 is 10.2 Å². The average molecular weight is 394 g/mol. The van der Waals surface area contributed by atoms with Crippen molar-refractivity contribution in [1.29, 1.82) is 0 Å². The maximum Gasteiger partial charge on any atom is 0.257 e. The topological polar surface area (TPSA) is 48.5 Å². The molecule has 1 aliphatic heterocycles. The smallest absolute Gasteiger partial charge is 0.257 e. The number of rotatable bonds is 4. The molecule has 4 rings (SSSR count). The number of carbonyl (C=O) groups is 1. The molecule has 1 saturated heterocycles. The summed E-state index contributed by atoms with van der Waals surface area (Å²) in [6.45, 7) is 1.98. The van der Waals surface area contributed by atoms with Gasteiger partial charge in [0.15, 0.2) is 0 Å². The van der Waals surface area contributed by atoms with Gasteiger partial charge in [0.2, 0.25) is 0 Å². The van der Waals surface area contributed by atoms with Gasteiger partial charge in [-0.3, -0.25) is 4.79 Å². The van der Waals surface area contributed by atoms with Crippen molar-refractivity contribution >= 4 is 23.1 Å². The van der Waals surface area contributed by atoms with Crippen molar-refractivity contribution in [3.63, 3.8) is 0 Å². The van der Waals surface area contributed by atoms with Gasteiger partial charge in [-0.1, -0.05) is 24.3 Å². The first-order valence-corrected chi connectivity index (χ1v) is 9.39. The summed E-state index contributed by atoms with van der Waals surface area (Å²) in [6.07, 6.45) is 1.55. The Bertz CT molecular complexity index is 1020. The van der Waals surface area contributed by atoms with Crippen LogP contribution in [0, 0.1) is 11.6 Å². The fraction of sp³-hybridized carbons (Fsp3) is 0.182. The van der Waals surface area contributed by atoms with Crippen molar-refractivity contribution in [2.75, 3.05) is 36.4 Å². The average Bonchev–Trinajstić information content (AvgIpc) is 2.76. The van der Waals surface area contributed by atoms with Gasteiger partial charge in [-0.25, -0.2) is 13.8 Å². The molecular weight excluding hydrogens is 374 g/mol. The molecule has 3 aromatic rings. The molecule has 0 spiro atoms. The number of carbonyl (C=O) groups excluding carboxylic acids is 1. The summed E-state index contributed by atoms with van der Waals surface area (Å²) in [5.41, 5.74) is 1.17. The highest BCUT2D eigenvalue weighted by Crippen LogP contribution is 2.24. The Morgan fingerprint density at radius 1 is 0.862 bits per heavy atom. The summed E-state index contributed by atoms with van der Waals surface area (Å²) < 4.78 is 28.0. The first-order valence-electron chi connectivity index (χ1n) is 9.39. The van der Waals surface area contributed by atoms with Crippen molar-refractivity contribution in [2.45, 2.75) is 0 Å². The second kappa shape index (κ2) is 8.26. The Hall–Kier alpha value is -3.48. The first kappa shape index (κ1) is 18.9. The summed E-state index contributed by atoms with van der Waals surface area (Å²) in [6, 6.07) is 16.2. The molecule has 2 heterocycles. The van der Waals surface area contributed by atoms with Crippen LogP contribution in [0.3, 0.4) is 0 Å². The highest BCUT2D eigenvalue weighted by molar-refractivity contribution is 5.99. The van der Waals surface area contributed by atoms with Crippen molar-refractivity contribution in [1.82, 2.24) is 9.88 Å². The largest absolute Gasteiger partial charge is 0.366 e. The minimum atomic E-state index is -0.421. The Morgan fingerprint density at radius 2 is 1.55 bits per heavy atom. The number of benzene rings is 2. The first-order chi connectivity index (χ1) is 14.1. The van der Waals surface area contributed by atoms with Gasteiger partial charge in [0, 0.05) is 32.4 Å². The molecule has 1 fully saturated rings. The van der Waals surface area contributed by atoms with Crippen LogP contribution in [0.2, 0.25) is 0 Å². The van der Waals surface area contributed by atoms with Crippen molar-refractivity contribution in [3.05, 3.63) is 84.1 Å². The number of hydrogen-bond donors (Lipinski definition) is 1. The molecule has 1 N–H and O–H groups in total. The van der Waals surface area contributed by atoms with Crippen LogP contribution in [0.25, 0.3) is 0 Å². The molecular formula is C22H20F2N4O. The monoisotopic (exact) mass is 394 g/mol. The molecule has 1 aromatic heterocycles. The number of amides is 1. The fourth-order valence-corrected chi connectivity index (χ4v) is 3.40. The van der Waals surface area contributed by atoms with Crippen LogP contribution in [0.15, 0.2) is 66.9 Å². The van der Waals surface area contributed by atoms with Gasteiger partial charge in [0.25, 0.3) is 5.91 Å². The van der Waals surface area contributed by atoms with Gasteiger partial charge in [0.05, 0.1) is 16.9 Å². The van der Waals surface area contributed by atoms with Crippen molar-refractivity contribution < 1.29 is 13.6 Å². The van der Waals surface area contributed by atoms with E-state index in [9.17, 15) is 13.6 Å². The molecule has 1 aliphatic rings. The number of aromatic nitrogens is 1. The normalized spacial score (nSPS) is 14.0. The predicted octanol–water partition coefficient (Wildman–Crippen LogP) is 4.07. The van der Waals surface area contributed by atoms with E-state index in [1.54, 1.807) is 59.6 Å². The maximum absolute atomic E-state index is 14.0. The number of anilines is 3. The van der Waals surface area contributed by atoms with Crippen LogP contribution >= 0.6 is 0 Å². The number of nitrogens with zero attached hydrogens (tertiary/aromatic N) is 3. The predicted molar refractivity (Wildman–Crippen MR) is 108 cm³/mol. The highest BCUT2D eigenvalue weighted by atomic mass is 19.1. The SMILES string of the molecule is O=C(c1cccnc1Nc1ccccc1F)N1CCN(c2ccccc2F)CC1. The van der Waals surface area contributed by atoms with Crippen LogP contribution in [0.5, 0.6) is 0 Å². The Kier molecular flexibility index (Phi) is 5.37. The molecule has 1 amide bonds. The summed E-state index contributed by atoms with van der Waals surface area (Å²) >= 11 is 0. The van der Waals surface area contributed by atoms with E-state index < -0.39 is 5.82 Å². The molecule has 2 aromatic carbocycles. The number of halogens is 2. The summed E-state index contributed by atoms with van der Waals surface area (Å²) in [7, 11) is 0. The van der Waals surface area contributed by atoms with Crippen LogP contribution in [-0.2, 0) is 0 Å². The van der Waals surface area contributed by atoms with Gasteiger partial charge in [-0.05, 0) is 36.4 Å². The number of piperazine rings is 1. The van der Waals surface area contributed by atoms with Crippen molar-refractivity contribution in [2.24, 2.45) is 0 Å². The molecule has 0 bridgehead atoms. The van der Waals surface area contributed by atoms with Gasteiger partial charge in [0.1, 0.15) is 17.5 Å². The van der Waals surface area contributed by atoms with Gasteiger partial charge in [-0.15, -0.1) is 0 Å². The van der Waals surface area contributed by atoms with E-state index in [4.69, 9.17) is 0 Å². The van der Waals surface area contributed by atoms with Gasteiger partial charge in [-0.2, -0.15) is 0 Å². The Labute approximate surface area is 167 Å². The second-order valence-electron chi connectivity index (χ2n) is 6.74. The minimum absolute atomic E-state index is 0.190. The van der Waals surface area contributed by atoms with E-state index >= 15 is 0 Å². The van der Waals surface area contributed by atoms with E-state index in [1.165, 1.54) is 12.1 Å². The number of hydrogen-bond acceptors (Lipinski definition) is 4. The third-order valence-electron chi connectivity index (χ3n) is 4.93. The highest BCUT2D eigenvalue weighted by Gasteiger charge is 2.25. The third kappa shape index (κ3) is 4.03. The molecule has 0 aliphatic carbocycles. The second-order valence-corrected chi connectivity index (χ2v) is 6.74. The summed E-state index contributed by atoms with van der Waals surface area (Å²) in [5.74, 6) is -0.574. The lowest BCUT2D eigenvalue weighted by atomic mass is 10.1. The quantitative estimate of drug-likeness (QED) is 0.725. The molecule has 148 valence electrons. The van der Waals surface area contributed by atoms with E-state index in [2.05, 4.69) is 10.3 Å². The molecule has 0 radical (unpaired) electrons. The molecule has 7 heteroatoms. The van der Waals surface area contributed by atoms with E-state index in [0.29, 0.717) is 43.2 Å². The van der Waals surface area contributed by atoms with E-state index in [0.717, 1.165) is 0 Å². The lowest BCUT2D eigenvalue weighted by Crippen LogP contribution is -2.49. The molecule has 5 nitrogen and oxygen atoms in total. The molecule has 29 heavy (non-hydrogen) atoms. The lowest BCUT2D eigenvalue weighted by molar-refractivity contribution is 0.0747. The fourth-order valence-electron chi connectivity index (χ4n) is 3.40. The number of nitrogens with one attached hydrogen (secondary N) is 1. The third-order valence-corrected chi connectivity index (χ3v) is 4.93. The van der Waals surface area contributed by atoms with E-state index in [-0.39, 0.29) is 17.4 Å². The summed E-state index contributed by atoms with van der Waals surface area (Å²) in [5, 5.41) is 2.91. The number of para-hydroxylation sites is 2. The lowest BCUT2D eigenvalue weighted by Gasteiger charge is -2.36. The van der Waals surface area contributed by atoms with Crippen LogP contribution in [0.1, 0.15) is 10.4 Å². The maximum atomic E-state index is 14.0. The standard InChI is InChI=1S/C22H20F2N4O/c23-17-7-1-3-9-19(17)26-21-16(6-5-11-25-21)22(29)28-14-12-27(13-15-28)20-10-4-2-8-18(20)24/h1-11H,12-15H2,(H,25,26). The van der Waals surface area contributed by atoms with Crippen LogP contribution in [-0.4, -0.2) is 42.0 Å². The minimum Gasteiger partial charge on any atom is -0.366 e. The molecule has 0 unspecified atom stereocenters. The Balaban J connectivity index is 1.48. The van der Waals surface area contributed by atoms with Crippen LogP contribution in [0.4, 0.5) is 26.0 Å². The van der Waals surface area contributed by atoms with Gasteiger partial charge < -0.3 is 15.1 Å². The van der Waals surface area contributed by atoms with Gasteiger partial charge >= 0.3 is 0 Å². The number of pyridine rings is 1. The summed E-state index contributed by atoms with van der Waals surface area (Å²) in [4.78, 5) is 20.9. The zero-order valence-electron chi connectivity index (χ0n) is 15.7. The zero-order valence-corrected chi connectivity index (χ0v) is 15.7. The molecule has 0 saturated carbocycles.